The average Bonchev–Trinajstić information content (AvgIpc) is 2.74. The maximum absolute atomic E-state index is 12.1. The summed E-state index contributed by atoms with van der Waals surface area (Å²) in [6.45, 7) is 6.24. The molecule has 1 aliphatic heterocycles. The lowest BCUT2D eigenvalue weighted by Crippen LogP contribution is -2.35. The van der Waals surface area contributed by atoms with Crippen molar-refractivity contribution >= 4 is 21.7 Å². The molecule has 0 aliphatic carbocycles. The lowest BCUT2D eigenvalue weighted by Gasteiger charge is -2.24. The first-order valence-electron chi connectivity index (χ1n) is 6.44. The van der Waals surface area contributed by atoms with Crippen LogP contribution in [0, 0.1) is 5.41 Å². The third kappa shape index (κ3) is 3.18. The molecule has 1 heterocycles. The fourth-order valence-corrected chi connectivity index (χ4v) is 2.80. The fourth-order valence-electron chi connectivity index (χ4n) is 2.24. The van der Waals surface area contributed by atoms with Gasteiger partial charge in [0.1, 0.15) is 11.9 Å². The van der Waals surface area contributed by atoms with Crippen LogP contribution in [0.5, 0.6) is 5.75 Å². The summed E-state index contributed by atoms with van der Waals surface area (Å²) in [6, 6.07) is 3.92. The van der Waals surface area contributed by atoms with Crippen molar-refractivity contribution in [1.82, 2.24) is 0 Å². The first-order chi connectivity index (χ1) is 8.79. The second kappa shape index (κ2) is 5.25. The molecule has 0 fully saturated rings. The Balaban J connectivity index is 2.23. The third-order valence-corrected chi connectivity index (χ3v) is 3.77. The van der Waals surface area contributed by atoms with Crippen LogP contribution in [0.1, 0.15) is 31.9 Å². The maximum Gasteiger partial charge on any atom is 0.166 e. The van der Waals surface area contributed by atoms with Crippen molar-refractivity contribution in [1.29, 1.82) is 0 Å². The SMILES string of the molecule is CC(C)(C)C(O)C(=O)Cc1cc(Br)cc2c1OCC2. The van der Waals surface area contributed by atoms with Crippen molar-refractivity contribution in [3.8, 4) is 5.75 Å². The van der Waals surface area contributed by atoms with Gasteiger partial charge in [0.25, 0.3) is 0 Å². The predicted molar refractivity (Wildman–Crippen MR) is 77.5 cm³/mol. The molecule has 0 radical (unpaired) electrons. The van der Waals surface area contributed by atoms with Crippen LogP contribution in [0.4, 0.5) is 0 Å². The van der Waals surface area contributed by atoms with Crippen LogP contribution in [0.25, 0.3) is 0 Å². The normalized spacial score (nSPS) is 15.8. The summed E-state index contributed by atoms with van der Waals surface area (Å²) in [5.41, 5.74) is 1.55. The van der Waals surface area contributed by atoms with E-state index in [0.717, 1.165) is 27.8 Å². The number of hydrogen-bond donors (Lipinski definition) is 1. The fraction of sp³-hybridized carbons (Fsp3) is 0.533. The number of aliphatic hydroxyl groups excluding tert-OH is 1. The first-order valence-corrected chi connectivity index (χ1v) is 7.23. The molecular weight excluding hydrogens is 308 g/mol. The molecule has 1 aliphatic rings. The standard InChI is InChI=1S/C15H19BrO3/c1-15(2,3)14(18)12(17)8-10-7-11(16)6-9-4-5-19-13(9)10/h6-7,14,18H,4-5,8H2,1-3H3. The highest BCUT2D eigenvalue weighted by atomic mass is 79.9. The number of carbonyl (C=O) groups excluding carboxylic acids is 1. The maximum atomic E-state index is 12.1. The van der Waals surface area contributed by atoms with Gasteiger partial charge in [0.15, 0.2) is 5.78 Å². The largest absolute Gasteiger partial charge is 0.493 e. The van der Waals surface area contributed by atoms with E-state index in [2.05, 4.69) is 15.9 Å². The van der Waals surface area contributed by atoms with Crippen LogP contribution in [0.15, 0.2) is 16.6 Å². The highest BCUT2D eigenvalue weighted by Crippen LogP contribution is 2.34. The summed E-state index contributed by atoms with van der Waals surface area (Å²) in [5, 5.41) is 10.0. The van der Waals surface area contributed by atoms with Gasteiger partial charge in [-0.2, -0.15) is 0 Å². The number of benzene rings is 1. The van der Waals surface area contributed by atoms with Crippen molar-refractivity contribution in [2.24, 2.45) is 5.41 Å². The molecule has 0 spiro atoms. The van der Waals surface area contributed by atoms with Crippen LogP contribution in [-0.4, -0.2) is 23.6 Å². The molecule has 0 saturated carbocycles. The van der Waals surface area contributed by atoms with Gasteiger partial charge in [-0.3, -0.25) is 4.79 Å². The number of hydrogen-bond acceptors (Lipinski definition) is 3. The molecule has 0 amide bonds. The summed E-state index contributed by atoms with van der Waals surface area (Å²) in [4.78, 5) is 12.1. The number of ether oxygens (including phenoxy) is 1. The Kier molecular flexibility index (Phi) is 4.02. The molecule has 1 N–H and O–H groups in total. The Labute approximate surface area is 122 Å². The van der Waals surface area contributed by atoms with Crippen LogP contribution in [0.3, 0.4) is 0 Å². The lowest BCUT2D eigenvalue weighted by atomic mass is 9.84. The predicted octanol–water partition coefficient (Wildman–Crippen LogP) is 2.90. The van der Waals surface area contributed by atoms with E-state index >= 15 is 0 Å². The van der Waals surface area contributed by atoms with Gasteiger partial charge in [-0.1, -0.05) is 36.7 Å². The Morgan fingerprint density at radius 1 is 1.47 bits per heavy atom. The van der Waals surface area contributed by atoms with E-state index in [4.69, 9.17) is 4.74 Å². The number of halogens is 1. The van der Waals surface area contributed by atoms with E-state index in [1.165, 1.54) is 0 Å². The van der Waals surface area contributed by atoms with Crippen molar-refractivity contribution in [2.45, 2.75) is 39.7 Å². The minimum absolute atomic E-state index is 0.164. The summed E-state index contributed by atoms with van der Waals surface area (Å²) >= 11 is 3.45. The summed E-state index contributed by atoms with van der Waals surface area (Å²) in [5.74, 6) is 0.654. The van der Waals surface area contributed by atoms with Gasteiger partial charge in [0.05, 0.1) is 6.61 Å². The minimum atomic E-state index is -0.955. The van der Waals surface area contributed by atoms with E-state index in [9.17, 15) is 9.90 Å². The Morgan fingerprint density at radius 3 is 2.79 bits per heavy atom. The highest BCUT2D eigenvalue weighted by Gasteiger charge is 2.30. The number of carbonyl (C=O) groups is 1. The van der Waals surface area contributed by atoms with Crippen LogP contribution in [0.2, 0.25) is 0 Å². The van der Waals surface area contributed by atoms with E-state index in [1.54, 1.807) is 0 Å². The second-order valence-corrected chi connectivity index (χ2v) is 6.98. The first kappa shape index (κ1) is 14.5. The van der Waals surface area contributed by atoms with Crippen molar-refractivity contribution in [3.05, 3.63) is 27.7 Å². The van der Waals surface area contributed by atoms with Gasteiger partial charge in [-0.15, -0.1) is 0 Å². The molecule has 1 atom stereocenters. The van der Waals surface area contributed by atoms with Gasteiger partial charge in [-0.25, -0.2) is 0 Å². The minimum Gasteiger partial charge on any atom is -0.493 e. The van der Waals surface area contributed by atoms with E-state index in [-0.39, 0.29) is 12.2 Å². The number of fused-ring (bicyclic) bond motifs is 1. The highest BCUT2D eigenvalue weighted by molar-refractivity contribution is 9.10. The van der Waals surface area contributed by atoms with Gasteiger partial charge < -0.3 is 9.84 Å². The van der Waals surface area contributed by atoms with Gasteiger partial charge in [-0.05, 0) is 23.1 Å². The molecular formula is C15H19BrO3. The molecule has 1 unspecified atom stereocenters. The smallest absolute Gasteiger partial charge is 0.166 e. The molecule has 1 aromatic carbocycles. The van der Waals surface area contributed by atoms with Crippen LogP contribution < -0.4 is 4.74 Å². The average molecular weight is 327 g/mol. The molecule has 19 heavy (non-hydrogen) atoms. The molecule has 3 nitrogen and oxygen atoms in total. The number of aliphatic hydroxyl groups is 1. The summed E-state index contributed by atoms with van der Waals surface area (Å²) in [6.07, 6.45) is 0.126. The Bertz CT molecular complexity index is 503. The molecule has 104 valence electrons. The van der Waals surface area contributed by atoms with Gasteiger partial charge >= 0.3 is 0 Å². The van der Waals surface area contributed by atoms with Crippen LogP contribution >= 0.6 is 15.9 Å². The lowest BCUT2D eigenvalue weighted by molar-refractivity contribution is -0.131. The summed E-state index contributed by atoms with van der Waals surface area (Å²) in [7, 11) is 0. The Morgan fingerprint density at radius 2 is 2.16 bits per heavy atom. The molecule has 0 bridgehead atoms. The van der Waals surface area contributed by atoms with Crippen molar-refractivity contribution in [2.75, 3.05) is 6.61 Å². The number of rotatable bonds is 3. The molecule has 4 heteroatoms. The number of ketones is 1. The van der Waals surface area contributed by atoms with E-state index in [1.807, 2.05) is 32.9 Å². The molecule has 0 aromatic heterocycles. The summed E-state index contributed by atoms with van der Waals surface area (Å²) < 4.78 is 6.55. The topological polar surface area (TPSA) is 46.5 Å². The van der Waals surface area contributed by atoms with Gasteiger partial charge in [0.2, 0.25) is 0 Å². The zero-order valence-corrected chi connectivity index (χ0v) is 13.1. The zero-order chi connectivity index (χ0) is 14.2. The quantitative estimate of drug-likeness (QED) is 0.929. The monoisotopic (exact) mass is 326 g/mol. The van der Waals surface area contributed by atoms with E-state index < -0.39 is 11.5 Å². The van der Waals surface area contributed by atoms with Crippen molar-refractivity contribution < 1.29 is 14.6 Å². The van der Waals surface area contributed by atoms with Gasteiger partial charge in [0, 0.05) is 22.9 Å². The Hall–Kier alpha value is -0.870. The van der Waals surface area contributed by atoms with Crippen molar-refractivity contribution in [3.63, 3.8) is 0 Å². The third-order valence-electron chi connectivity index (χ3n) is 3.32. The zero-order valence-electron chi connectivity index (χ0n) is 11.5. The number of Topliss-reactive ketones (excluding diaryl/α,β-unsaturated/α-hetero) is 1. The molecule has 0 saturated heterocycles. The second-order valence-electron chi connectivity index (χ2n) is 6.06. The molecule has 1 aromatic rings. The molecule has 2 rings (SSSR count). The van der Waals surface area contributed by atoms with E-state index in [0.29, 0.717) is 6.61 Å². The van der Waals surface area contributed by atoms with Crippen LogP contribution in [-0.2, 0) is 17.6 Å².